The molecule has 0 bridgehead atoms. The molecule has 1 heterocycles. The Bertz CT molecular complexity index is 552. The second-order valence-corrected chi connectivity index (χ2v) is 4.24. The molecule has 0 radical (unpaired) electrons. The number of methoxy groups -OCH3 is 2. The quantitative estimate of drug-likeness (QED) is 0.851. The van der Waals surface area contributed by atoms with Gasteiger partial charge in [0.25, 0.3) is 0 Å². The van der Waals surface area contributed by atoms with Crippen LogP contribution in [0.15, 0.2) is 41.0 Å². The number of benzene rings is 1. The molecule has 5 heteroatoms. The molecule has 0 saturated carbocycles. The van der Waals surface area contributed by atoms with Crippen molar-refractivity contribution in [3.05, 3.63) is 47.9 Å². The molecule has 0 aliphatic carbocycles. The normalized spacial score (nSPS) is 10.0. The molecule has 1 N–H and O–H groups in total. The molecule has 0 spiro atoms. The molecular formula is C14H15NO3S. The van der Waals surface area contributed by atoms with E-state index in [4.69, 9.17) is 26.1 Å². The van der Waals surface area contributed by atoms with Crippen molar-refractivity contribution in [2.24, 2.45) is 0 Å². The Hall–Kier alpha value is -2.01. The lowest BCUT2D eigenvalue weighted by molar-refractivity contribution is 0.393. The van der Waals surface area contributed by atoms with E-state index in [0.717, 1.165) is 17.1 Å². The van der Waals surface area contributed by atoms with Gasteiger partial charge in [-0.1, -0.05) is 12.2 Å². The molecular weight excluding hydrogens is 262 g/mol. The fraction of sp³-hybridized carbons (Fsp3) is 0.214. The number of nitrogens with one attached hydrogen (secondary N) is 1. The summed E-state index contributed by atoms with van der Waals surface area (Å²) in [5.74, 6) is 2.24. The van der Waals surface area contributed by atoms with Crippen molar-refractivity contribution in [1.29, 1.82) is 0 Å². The minimum atomic E-state index is 0.543. The van der Waals surface area contributed by atoms with E-state index in [2.05, 4.69) is 5.32 Å². The predicted octanol–water partition coefficient (Wildman–Crippen LogP) is 2.76. The Labute approximate surface area is 117 Å². The van der Waals surface area contributed by atoms with E-state index in [1.165, 1.54) is 0 Å². The smallest absolute Gasteiger partial charge is 0.132 e. The number of hydrogen-bond acceptors (Lipinski definition) is 4. The summed E-state index contributed by atoms with van der Waals surface area (Å²) in [5, 5.41) is 3.13. The van der Waals surface area contributed by atoms with E-state index in [-0.39, 0.29) is 0 Å². The van der Waals surface area contributed by atoms with E-state index in [9.17, 15) is 0 Å². The van der Waals surface area contributed by atoms with Crippen LogP contribution in [0.5, 0.6) is 11.5 Å². The molecule has 0 fully saturated rings. The van der Waals surface area contributed by atoms with Gasteiger partial charge in [-0.25, -0.2) is 0 Å². The third kappa shape index (κ3) is 3.26. The van der Waals surface area contributed by atoms with Gasteiger partial charge in [0, 0.05) is 6.07 Å². The maximum absolute atomic E-state index is 5.35. The third-order valence-electron chi connectivity index (χ3n) is 2.66. The van der Waals surface area contributed by atoms with Crippen LogP contribution in [0.25, 0.3) is 0 Å². The molecule has 2 aromatic rings. The third-order valence-corrected chi connectivity index (χ3v) is 3.02. The fourth-order valence-electron chi connectivity index (χ4n) is 1.66. The van der Waals surface area contributed by atoms with Crippen LogP contribution in [0.2, 0.25) is 0 Å². The van der Waals surface area contributed by atoms with Crippen molar-refractivity contribution in [2.45, 2.75) is 6.54 Å². The van der Waals surface area contributed by atoms with Crippen LogP contribution in [-0.2, 0) is 6.54 Å². The summed E-state index contributed by atoms with van der Waals surface area (Å²) in [6, 6.07) is 9.25. The summed E-state index contributed by atoms with van der Waals surface area (Å²) in [4.78, 5) is 0.607. The van der Waals surface area contributed by atoms with Gasteiger partial charge in [-0.05, 0) is 24.3 Å². The first kappa shape index (κ1) is 13.4. The maximum atomic E-state index is 5.35. The highest BCUT2D eigenvalue weighted by molar-refractivity contribution is 7.80. The number of thiocarbonyl (C=S) groups is 1. The Balaban J connectivity index is 2.09. The number of rotatable bonds is 5. The monoisotopic (exact) mass is 277 g/mol. The minimum absolute atomic E-state index is 0.543. The SMILES string of the molecule is COc1ccc(C(=S)NCc2ccco2)c(OC)c1. The zero-order chi connectivity index (χ0) is 13.7. The maximum Gasteiger partial charge on any atom is 0.132 e. The van der Waals surface area contributed by atoms with Crippen LogP contribution in [0.3, 0.4) is 0 Å². The first-order chi connectivity index (χ1) is 9.24. The Kier molecular flexibility index (Phi) is 4.41. The molecule has 0 amide bonds. The van der Waals surface area contributed by atoms with E-state index < -0.39 is 0 Å². The average molecular weight is 277 g/mol. The number of hydrogen-bond donors (Lipinski definition) is 1. The van der Waals surface area contributed by atoms with Crippen molar-refractivity contribution in [3.63, 3.8) is 0 Å². The van der Waals surface area contributed by atoms with Gasteiger partial charge in [-0.3, -0.25) is 0 Å². The second kappa shape index (κ2) is 6.24. The summed E-state index contributed by atoms with van der Waals surface area (Å²) in [6.45, 7) is 0.543. The highest BCUT2D eigenvalue weighted by Gasteiger charge is 2.10. The molecule has 1 aromatic heterocycles. The van der Waals surface area contributed by atoms with Crippen LogP contribution < -0.4 is 14.8 Å². The molecule has 0 saturated heterocycles. The molecule has 0 atom stereocenters. The standard InChI is InChI=1S/C14H15NO3S/c1-16-10-5-6-12(13(8-10)17-2)14(19)15-9-11-4-3-7-18-11/h3-8H,9H2,1-2H3,(H,15,19). The van der Waals surface area contributed by atoms with Crippen molar-refractivity contribution >= 4 is 17.2 Å². The first-order valence-electron chi connectivity index (χ1n) is 5.77. The second-order valence-electron chi connectivity index (χ2n) is 3.83. The lowest BCUT2D eigenvalue weighted by Crippen LogP contribution is -2.22. The summed E-state index contributed by atoms with van der Waals surface area (Å²) < 4.78 is 15.7. The number of ether oxygens (including phenoxy) is 2. The largest absolute Gasteiger partial charge is 0.497 e. The molecule has 0 aliphatic rings. The summed E-state index contributed by atoms with van der Waals surface area (Å²) in [7, 11) is 3.22. The lowest BCUT2D eigenvalue weighted by atomic mass is 10.2. The molecule has 100 valence electrons. The molecule has 1 aromatic carbocycles. The predicted molar refractivity (Wildman–Crippen MR) is 76.8 cm³/mol. The summed E-state index contributed by atoms with van der Waals surface area (Å²) in [5.41, 5.74) is 0.824. The van der Waals surface area contributed by atoms with Gasteiger partial charge in [0.15, 0.2) is 0 Å². The van der Waals surface area contributed by atoms with E-state index >= 15 is 0 Å². The van der Waals surface area contributed by atoms with Gasteiger partial charge in [-0.2, -0.15) is 0 Å². The van der Waals surface area contributed by atoms with Crippen LogP contribution in [0, 0.1) is 0 Å². The first-order valence-corrected chi connectivity index (χ1v) is 6.18. The van der Waals surface area contributed by atoms with Crippen LogP contribution >= 0.6 is 12.2 Å². The molecule has 4 nitrogen and oxygen atoms in total. The summed E-state index contributed by atoms with van der Waals surface area (Å²) >= 11 is 5.35. The van der Waals surface area contributed by atoms with Crippen LogP contribution in [0.1, 0.15) is 11.3 Å². The minimum Gasteiger partial charge on any atom is -0.497 e. The zero-order valence-corrected chi connectivity index (χ0v) is 11.6. The van der Waals surface area contributed by atoms with Gasteiger partial charge in [0.1, 0.15) is 22.2 Å². The lowest BCUT2D eigenvalue weighted by Gasteiger charge is -2.12. The van der Waals surface area contributed by atoms with E-state index in [1.807, 2.05) is 24.3 Å². The van der Waals surface area contributed by atoms with Crippen molar-refractivity contribution in [2.75, 3.05) is 14.2 Å². The molecule has 2 rings (SSSR count). The molecule has 0 unspecified atom stereocenters. The van der Waals surface area contributed by atoms with Gasteiger partial charge in [0.05, 0.1) is 32.6 Å². The number of furan rings is 1. The molecule has 19 heavy (non-hydrogen) atoms. The Morgan fingerprint density at radius 3 is 2.74 bits per heavy atom. The topological polar surface area (TPSA) is 43.6 Å². The Morgan fingerprint density at radius 1 is 1.26 bits per heavy atom. The van der Waals surface area contributed by atoms with E-state index in [0.29, 0.717) is 17.3 Å². The molecule has 0 aliphatic heterocycles. The Morgan fingerprint density at radius 2 is 2.11 bits per heavy atom. The fourth-order valence-corrected chi connectivity index (χ4v) is 1.90. The highest BCUT2D eigenvalue weighted by atomic mass is 32.1. The van der Waals surface area contributed by atoms with Crippen LogP contribution in [-0.4, -0.2) is 19.2 Å². The van der Waals surface area contributed by atoms with Gasteiger partial charge in [-0.15, -0.1) is 0 Å². The average Bonchev–Trinajstić information content (AvgIpc) is 2.97. The summed E-state index contributed by atoms with van der Waals surface area (Å²) in [6.07, 6.45) is 1.63. The highest BCUT2D eigenvalue weighted by Crippen LogP contribution is 2.24. The van der Waals surface area contributed by atoms with E-state index in [1.54, 1.807) is 26.5 Å². The van der Waals surface area contributed by atoms with Gasteiger partial charge in [0.2, 0.25) is 0 Å². The zero-order valence-electron chi connectivity index (χ0n) is 10.8. The van der Waals surface area contributed by atoms with Crippen LogP contribution in [0.4, 0.5) is 0 Å². The van der Waals surface area contributed by atoms with Crippen molar-refractivity contribution < 1.29 is 13.9 Å². The van der Waals surface area contributed by atoms with Gasteiger partial charge >= 0.3 is 0 Å². The van der Waals surface area contributed by atoms with Gasteiger partial charge < -0.3 is 19.2 Å². The van der Waals surface area contributed by atoms with Crippen molar-refractivity contribution in [1.82, 2.24) is 5.32 Å². The van der Waals surface area contributed by atoms with Crippen molar-refractivity contribution in [3.8, 4) is 11.5 Å².